The summed E-state index contributed by atoms with van der Waals surface area (Å²) in [6.07, 6.45) is 7.58. The number of pyridine rings is 1. The number of aromatic amines is 1. The third-order valence-corrected chi connectivity index (χ3v) is 2.17. The predicted octanol–water partition coefficient (Wildman–Crippen LogP) is -0.777. The number of H-pyrrole nitrogens is 1. The van der Waals surface area contributed by atoms with Gasteiger partial charge in [0.15, 0.2) is 0 Å². The summed E-state index contributed by atoms with van der Waals surface area (Å²) in [6.45, 7) is 1.89. The molecule has 0 amide bonds. The zero-order chi connectivity index (χ0) is 10.2. The van der Waals surface area contributed by atoms with Crippen molar-refractivity contribution in [2.75, 3.05) is 0 Å². The van der Waals surface area contributed by atoms with Gasteiger partial charge in [-0.25, -0.2) is 0 Å². The van der Waals surface area contributed by atoms with Crippen molar-refractivity contribution in [1.82, 2.24) is 4.98 Å². The first-order chi connectivity index (χ1) is 6.57. The smallest absolute Gasteiger partial charge is 0.248 e. The zero-order valence-corrected chi connectivity index (χ0v) is 7.95. The quantitative estimate of drug-likeness (QED) is 0.561. The van der Waals surface area contributed by atoms with Gasteiger partial charge in [-0.05, 0) is 24.3 Å². The normalized spacial score (nSPS) is 24.4. The molecule has 1 aromatic heterocycles. The average Bonchev–Trinajstić information content (AvgIpc) is 2.21. The van der Waals surface area contributed by atoms with Gasteiger partial charge in [0.05, 0.1) is 5.54 Å². The fourth-order valence-electron chi connectivity index (χ4n) is 1.48. The van der Waals surface area contributed by atoms with Crippen LogP contribution in [0.15, 0.2) is 29.1 Å². The van der Waals surface area contributed by atoms with Gasteiger partial charge in [0.1, 0.15) is 0 Å². The lowest BCUT2D eigenvalue weighted by Crippen LogP contribution is -2.39. The molecule has 3 nitrogen and oxygen atoms in total. The molecule has 0 radical (unpaired) electrons. The molecule has 1 aliphatic rings. The fourth-order valence-corrected chi connectivity index (χ4v) is 1.48. The summed E-state index contributed by atoms with van der Waals surface area (Å²) in [5.74, 6) is 0. The van der Waals surface area contributed by atoms with Crippen LogP contribution < -0.4 is 21.9 Å². The summed E-state index contributed by atoms with van der Waals surface area (Å²) in [6, 6.07) is 3.30. The van der Waals surface area contributed by atoms with Gasteiger partial charge in [0, 0.05) is 11.4 Å². The van der Waals surface area contributed by atoms with Crippen LogP contribution in [0.3, 0.4) is 0 Å². The van der Waals surface area contributed by atoms with Crippen LogP contribution in [0.2, 0.25) is 0 Å². The van der Waals surface area contributed by atoms with Crippen molar-refractivity contribution in [3.8, 4) is 0 Å². The molecular weight excluding hydrogens is 176 g/mol. The topological polar surface area (TPSA) is 58.9 Å². The molecule has 3 heteroatoms. The number of allylic oxidation sites excluding steroid dienone is 1. The van der Waals surface area contributed by atoms with Crippen molar-refractivity contribution < 1.29 is 0 Å². The van der Waals surface area contributed by atoms with E-state index in [1.165, 1.54) is 6.07 Å². The van der Waals surface area contributed by atoms with Crippen LogP contribution >= 0.6 is 0 Å². The zero-order valence-electron chi connectivity index (χ0n) is 7.95. The van der Waals surface area contributed by atoms with Crippen molar-refractivity contribution in [3.63, 3.8) is 0 Å². The first-order valence-electron chi connectivity index (χ1n) is 4.47. The van der Waals surface area contributed by atoms with E-state index in [0.717, 1.165) is 10.6 Å². The average molecular weight is 188 g/mol. The monoisotopic (exact) mass is 188 g/mol. The number of hydrogen-bond acceptors (Lipinski definition) is 2. The third-order valence-electron chi connectivity index (χ3n) is 2.17. The Morgan fingerprint density at radius 3 is 3.00 bits per heavy atom. The van der Waals surface area contributed by atoms with Gasteiger partial charge in [-0.1, -0.05) is 18.2 Å². The van der Waals surface area contributed by atoms with E-state index in [4.69, 9.17) is 5.73 Å². The molecule has 1 unspecified atom stereocenters. The molecule has 1 aromatic rings. The molecule has 1 aliphatic carbocycles. The molecule has 0 saturated heterocycles. The molecule has 0 fully saturated rings. The first-order valence-corrected chi connectivity index (χ1v) is 4.47. The lowest BCUT2D eigenvalue weighted by Gasteiger charge is -2.12. The Balaban J connectivity index is 2.84. The van der Waals surface area contributed by atoms with Crippen LogP contribution in [0.5, 0.6) is 0 Å². The fraction of sp³-hybridized carbons (Fsp3) is 0.182. The SMILES string of the molecule is CC1(N)C=CC=c2ccc(=O)[nH]c2=C1. The van der Waals surface area contributed by atoms with Crippen LogP contribution in [0.25, 0.3) is 12.2 Å². The summed E-state index contributed by atoms with van der Waals surface area (Å²) in [7, 11) is 0. The second kappa shape index (κ2) is 2.96. The van der Waals surface area contributed by atoms with Gasteiger partial charge in [-0.3, -0.25) is 4.79 Å². The third kappa shape index (κ3) is 1.67. The maximum absolute atomic E-state index is 11.1. The number of nitrogens with two attached hydrogens (primary N) is 1. The molecule has 2 rings (SSSR count). The Labute approximate surface area is 81.3 Å². The molecule has 0 aliphatic heterocycles. The summed E-state index contributed by atoms with van der Waals surface area (Å²) < 4.78 is 0. The van der Waals surface area contributed by atoms with Crippen LogP contribution in [-0.2, 0) is 0 Å². The van der Waals surface area contributed by atoms with Gasteiger partial charge in [-0.2, -0.15) is 0 Å². The van der Waals surface area contributed by atoms with Crippen LogP contribution in [0, 0.1) is 0 Å². The first kappa shape index (κ1) is 8.97. The summed E-state index contributed by atoms with van der Waals surface area (Å²) in [5.41, 5.74) is 5.34. The maximum atomic E-state index is 11.1. The maximum Gasteiger partial charge on any atom is 0.248 e. The van der Waals surface area contributed by atoms with Crippen molar-refractivity contribution in [3.05, 3.63) is 45.2 Å². The van der Waals surface area contributed by atoms with Crippen molar-refractivity contribution in [1.29, 1.82) is 0 Å². The minimum atomic E-state index is -0.508. The Hall–Kier alpha value is -1.61. The van der Waals surface area contributed by atoms with Gasteiger partial charge in [0.25, 0.3) is 0 Å². The summed E-state index contributed by atoms with van der Waals surface area (Å²) >= 11 is 0. The van der Waals surface area contributed by atoms with Gasteiger partial charge in [-0.15, -0.1) is 0 Å². The highest BCUT2D eigenvalue weighted by Crippen LogP contribution is 2.03. The van der Waals surface area contributed by atoms with Gasteiger partial charge < -0.3 is 10.7 Å². The molecular formula is C11H12N2O. The van der Waals surface area contributed by atoms with E-state index < -0.39 is 5.54 Å². The summed E-state index contributed by atoms with van der Waals surface area (Å²) in [4.78, 5) is 13.9. The molecule has 0 bridgehead atoms. The molecule has 3 N–H and O–H groups in total. The highest BCUT2D eigenvalue weighted by molar-refractivity contribution is 5.49. The van der Waals surface area contributed by atoms with Crippen LogP contribution in [-0.4, -0.2) is 10.5 Å². The van der Waals surface area contributed by atoms with Gasteiger partial charge in [0.2, 0.25) is 5.56 Å². The van der Waals surface area contributed by atoms with Crippen LogP contribution in [0.1, 0.15) is 6.92 Å². The van der Waals surface area contributed by atoms with Gasteiger partial charge >= 0.3 is 0 Å². The molecule has 0 saturated carbocycles. The second-order valence-corrected chi connectivity index (χ2v) is 3.73. The highest BCUT2D eigenvalue weighted by atomic mass is 16.1. The Morgan fingerprint density at radius 1 is 1.43 bits per heavy atom. The minimum Gasteiger partial charge on any atom is -0.322 e. The number of aromatic nitrogens is 1. The van der Waals surface area contributed by atoms with E-state index in [1.807, 2.05) is 31.2 Å². The highest BCUT2D eigenvalue weighted by Gasteiger charge is 2.10. The Bertz CT molecular complexity index is 549. The number of rotatable bonds is 0. The standard InChI is InChI=1S/C11H12N2O/c1-11(12)6-2-3-8-4-5-10(14)13-9(8)7-11/h2-7H,12H2,1H3,(H,13,14). The molecule has 0 spiro atoms. The molecule has 1 heterocycles. The van der Waals surface area contributed by atoms with Crippen molar-refractivity contribution in [2.45, 2.75) is 12.5 Å². The van der Waals surface area contributed by atoms with E-state index in [2.05, 4.69) is 4.98 Å². The van der Waals surface area contributed by atoms with Crippen molar-refractivity contribution in [2.24, 2.45) is 5.73 Å². The Morgan fingerprint density at radius 2 is 2.21 bits per heavy atom. The molecule has 0 aromatic carbocycles. The molecule has 14 heavy (non-hydrogen) atoms. The van der Waals surface area contributed by atoms with E-state index in [9.17, 15) is 4.79 Å². The van der Waals surface area contributed by atoms with Crippen LogP contribution in [0.4, 0.5) is 0 Å². The van der Waals surface area contributed by atoms with E-state index in [-0.39, 0.29) is 5.56 Å². The van der Waals surface area contributed by atoms with E-state index in [0.29, 0.717) is 0 Å². The lowest BCUT2D eigenvalue weighted by atomic mass is 10.0. The largest absolute Gasteiger partial charge is 0.322 e. The number of fused-ring (bicyclic) bond motifs is 1. The lowest BCUT2D eigenvalue weighted by molar-refractivity contribution is 0.775. The number of hydrogen-bond donors (Lipinski definition) is 2. The van der Waals surface area contributed by atoms with E-state index in [1.54, 1.807) is 6.07 Å². The predicted molar refractivity (Wildman–Crippen MR) is 57.0 cm³/mol. The molecule has 72 valence electrons. The second-order valence-electron chi connectivity index (χ2n) is 3.73. The Kier molecular flexibility index (Phi) is 1.89. The van der Waals surface area contributed by atoms with Crippen molar-refractivity contribution >= 4 is 12.2 Å². The number of nitrogens with one attached hydrogen (secondary N) is 1. The van der Waals surface area contributed by atoms with E-state index >= 15 is 0 Å². The summed E-state index contributed by atoms with van der Waals surface area (Å²) in [5, 5.41) is 1.77. The minimum absolute atomic E-state index is 0.105. The molecule has 1 atom stereocenters.